The van der Waals surface area contributed by atoms with Crippen LogP contribution in [0.2, 0.25) is 0 Å². The van der Waals surface area contributed by atoms with E-state index in [1.807, 2.05) is 31.0 Å². The van der Waals surface area contributed by atoms with Crippen molar-refractivity contribution in [2.45, 2.75) is 32.6 Å². The van der Waals surface area contributed by atoms with Crippen LogP contribution in [0.15, 0.2) is 24.5 Å². The first kappa shape index (κ1) is 17.6. The normalized spacial score (nSPS) is 12.4. The number of nitrogens with zero attached hydrogens (tertiary/aromatic N) is 3. The lowest BCUT2D eigenvalue weighted by Crippen LogP contribution is -2.33. The first-order chi connectivity index (χ1) is 10.0. The van der Waals surface area contributed by atoms with Crippen LogP contribution in [0.3, 0.4) is 0 Å². The second-order valence-electron chi connectivity index (χ2n) is 6.08. The Morgan fingerprint density at radius 3 is 2.33 bits per heavy atom. The first-order valence-electron chi connectivity index (χ1n) is 7.79. The predicted molar refractivity (Wildman–Crippen MR) is 87.1 cm³/mol. The average Bonchev–Trinajstić information content (AvgIpc) is 2.46. The molecule has 1 aromatic rings. The average molecular weight is 291 g/mol. The maximum absolute atomic E-state index is 12.3. The molecule has 0 radical (unpaired) electrons. The first-order valence-corrected chi connectivity index (χ1v) is 7.79. The Kier molecular flexibility index (Phi) is 7.98. The lowest BCUT2D eigenvalue weighted by Gasteiger charge is -2.21. The molecule has 4 heteroatoms. The maximum atomic E-state index is 12.3. The minimum atomic E-state index is 0.0270. The van der Waals surface area contributed by atoms with Crippen molar-refractivity contribution < 1.29 is 4.79 Å². The van der Waals surface area contributed by atoms with E-state index in [1.165, 1.54) is 18.4 Å². The molecule has 0 bridgehead atoms. The van der Waals surface area contributed by atoms with Crippen molar-refractivity contribution >= 4 is 5.91 Å². The molecule has 0 aliphatic rings. The molecule has 1 rings (SSSR count). The molecule has 118 valence electrons. The summed E-state index contributed by atoms with van der Waals surface area (Å²) < 4.78 is 0. The summed E-state index contributed by atoms with van der Waals surface area (Å²) in [5.41, 5.74) is 1.17. The van der Waals surface area contributed by atoms with E-state index >= 15 is 0 Å². The highest BCUT2D eigenvalue weighted by atomic mass is 16.2. The van der Waals surface area contributed by atoms with E-state index in [2.05, 4.69) is 24.0 Å². The molecule has 1 aromatic heterocycles. The van der Waals surface area contributed by atoms with Gasteiger partial charge in [-0.05, 0) is 57.6 Å². The van der Waals surface area contributed by atoms with E-state index in [1.54, 1.807) is 12.4 Å². The number of carbonyl (C=O) groups is 1. The Bertz CT molecular complexity index is 406. The number of carbonyl (C=O) groups excluding carboxylic acids is 1. The van der Waals surface area contributed by atoms with E-state index < -0.39 is 0 Å². The lowest BCUT2D eigenvalue weighted by atomic mass is 10.0. The van der Waals surface area contributed by atoms with Gasteiger partial charge >= 0.3 is 0 Å². The molecule has 0 saturated heterocycles. The van der Waals surface area contributed by atoms with Crippen LogP contribution in [-0.2, 0) is 11.2 Å². The van der Waals surface area contributed by atoms with Gasteiger partial charge < -0.3 is 9.80 Å². The number of amides is 1. The van der Waals surface area contributed by atoms with Gasteiger partial charge in [0, 0.05) is 31.9 Å². The smallest absolute Gasteiger partial charge is 0.225 e. The van der Waals surface area contributed by atoms with E-state index in [-0.39, 0.29) is 11.8 Å². The van der Waals surface area contributed by atoms with Crippen molar-refractivity contribution in [1.82, 2.24) is 14.8 Å². The third kappa shape index (κ3) is 7.23. The van der Waals surface area contributed by atoms with E-state index in [4.69, 9.17) is 0 Å². The molecule has 0 aliphatic heterocycles. The van der Waals surface area contributed by atoms with Gasteiger partial charge in [-0.15, -0.1) is 0 Å². The molecule has 4 nitrogen and oxygen atoms in total. The fourth-order valence-corrected chi connectivity index (χ4v) is 2.40. The Morgan fingerprint density at radius 1 is 1.10 bits per heavy atom. The summed E-state index contributed by atoms with van der Waals surface area (Å²) in [6, 6.07) is 3.95. The van der Waals surface area contributed by atoms with Gasteiger partial charge in [-0.2, -0.15) is 0 Å². The lowest BCUT2D eigenvalue weighted by molar-refractivity contribution is -0.133. The molecule has 0 N–H and O–H groups in total. The van der Waals surface area contributed by atoms with Gasteiger partial charge in [0.15, 0.2) is 0 Å². The summed E-state index contributed by atoms with van der Waals surface area (Å²) in [6.45, 7) is 3.98. The molecule has 0 spiro atoms. The topological polar surface area (TPSA) is 36.4 Å². The van der Waals surface area contributed by atoms with Crippen LogP contribution < -0.4 is 0 Å². The van der Waals surface area contributed by atoms with Crippen molar-refractivity contribution in [3.63, 3.8) is 0 Å². The molecule has 21 heavy (non-hydrogen) atoms. The highest BCUT2D eigenvalue weighted by molar-refractivity contribution is 5.78. The summed E-state index contributed by atoms with van der Waals surface area (Å²) in [5, 5.41) is 0. The monoisotopic (exact) mass is 291 g/mol. The van der Waals surface area contributed by atoms with Gasteiger partial charge in [0.05, 0.1) is 0 Å². The second kappa shape index (κ2) is 9.50. The minimum Gasteiger partial charge on any atom is -0.346 e. The van der Waals surface area contributed by atoms with Crippen LogP contribution in [-0.4, -0.2) is 54.9 Å². The standard InChI is InChI=1S/C17H29N3O/c1-15(14-16-8-10-18-11-9-16)17(21)20(4)13-7-5-6-12-19(2)3/h8-11,15H,5-7,12-14H2,1-4H3/t15-/m1/s1. The fourth-order valence-electron chi connectivity index (χ4n) is 2.40. The Morgan fingerprint density at radius 2 is 1.71 bits per heavy atom. The van der Waals surface area contributed by atoms with Crippen molar-refractivity contribution in [2.75, 3.05) is 34.2 Å². The molecule has 1 amide bonds. The Balaban J connectivity index is 2.26. The summed E-state index contributed by atoms with van der Waals surface area (Å²) >= 11 is 0. The van der Waals surface area contributed by atoms with Gasteiger partial charge in [0.25, 0.3) is 0 Å². The van der Waals surface area contributed by atoms with Gasteiger partial charge in [0.2, 0.25) is 5.91 Å². The number of hydrogen-bond donors (Lipinski definition) is 0. The highest BCUT2D eigenvalue weighted by Crippen LogP contribution is 2.11. The highest BCUT2D eigenvalue weighted by Gasteiger charge is 2.17. The van der Waals surface area contributed by atoms with Crippen LogP contribution >= 0.6 is 0 Å². The van der Waals surface area contributed by atoms with Gasteiger partial charge in [-0.1, -0.05) is 13.3 Å². The predicted octanol–water partition coefficient (Wildman–Crippen LogP) is 2.45. The van der Waals surface area contributed by atoms with Crippen molar-refractivity contribution in [3.05, 3.63) is 30.1 Å². The van der Waals surface area contributed by atoms with Crippen LogP contribution in [0.5, 0.6) is 0 Å². The molecule has 1 atom stereocenters. The maximum Gasteiger partial charge on any atom is 0.225 e. The zero-order valence-corrected chi connectivity index (χ0v) is 13.9. The van der Waals surface area contributed by atoms with Gasteiger partial charge in [-0.3, -0.25) is 9.78 Å². The van der Waals surface area contributed by atoms with Crippen LogP contribution in [0.1, 0.15) is 31.7 Å². The SMILES string of the molecule is C[C@H](Cc1ccncc1)C(=O)N(C)CCCCCN(C)C. The van der Waals surface area contributed by atoms with Crippen LogP contribution in [0, 0.1) is 5.92 Å². The number of pyridine rings is 1. The van der Waals surface area contributed by atoms with E-state index in [0.29, 0.717) is 0 Å². The largest absolute Gasteiger partial charge is 0.346 e. The van der Waals surface area contributed by atoms with E-state index in [0.717, 1.165) is 25.9 Å². The summed E-state index contributed by atoms with van der Waals surface area (Å²) in [4.78, 5) is 20.4. The third-order valence-corrected chi connectivity index (χ3v) is 3.69. The fraction of sp³-hybridized carbons (Fsp3) is 0.647. The number of rotatable bonds is 9. The zero-order chi connectivity index (χ0) is 15.7. The quantitative estimate of drug-likeness (QED) is 0.656. The Hall–Kier alpha value is -1.42. The van der Waals surface area contributed by atoms with Crippen LogP contribution in [0.25, 0.3) is 0 Å². The molecular formula is C17H29N3O. The third-order valence-electron chi connectivity index (χ3n) is 3.69. The summed E-state index contributed by atoms with van der Waals surface area (Å²) in [5.74, 6) is 0.263. The molecule has 1 heterocycles. The molecule has 0 aromatic carbocycles. The van der Waals surface area contributed by atoms with Crippen molar-refractivity contribution in [2.24, 2.45) is 5.92 Å². The Labute approximate surface area is 129 Å². The van der Waals surface area contributed by atoms with Crippen molar-refractivity contribution in [3.8, 4) is 0 Å². The van der Waals surface area contributed by atoms with Crippen molar-refractivity contribution in [1.29, 1.82) is 0 Å². The number of hydrogen-bond acceptors (Lipinski definition) is 3. The van der Waals surface area contributed by atoms with E-state index in [9.17, 15) is 4.79 Å². The molecule has 0 fully saturated rings. The van der Waals surface area contributed by atoms with Gasteiger partial charge in [-0.25, -0.2) is 0 Å². The zero-order valence-electron chi connectivity index (χ0n) is 13.9. The summed E-state index contributed by atoms with van der Waals surface area (Å²) in [6.07, 6.45) is 7.79. The number of aromatic nitrogens is 1. The van der Waals surface area contributed by atoms with Crippen LogP contribution in [0.4, 0.5) is 0 Å². The molecule has 0 aliphatic carbocycles. The second-order valence-corrected chi connectivity index (χ2v) is 6.08. The van der Waals surface area contributed by atoms with Gasteiger partial charge in [0.1, 0.15) is 0 Å². The number of unbranched alkanes of at least 4 members (excludes halogenated alkanes) is 2. The summed E-state index contributed by atoms with van der Waals surface area (Å²) in [7, 11) is 6.10. The molecule has 0 saturated carbocycles. The minimum absolute atomic E-state index is 0.0270. The molecular weight excluding hydrogens is 262 g/mol. The molecule has 0 unspecified atom stereocenters.